The number of aryl methyl sites for hydroxylation is 1. The van der Waals surface area contributed by atoms with Crippen LogP contribution in [0.15, 0.2) is 48.5 Å². The monoisotopic (exact) mass is 303 g/mol. The molecule has 0 aliphatic carbocycles. The zero-order chi connectivity index (χ0) is 13.0. The fraction of sp³-hybridized carbons (Fsp3) is 0.250. The van der Waals surface area contributed by atoms with Crippen LogP contribution in [0, 0.1) is 6.92 Å². The van der Waals surface area contributed by atoms with Crippen molar-refractivity contribution in [3.05, 3.63) is 65.2 Å². The highest BCUT2D eigenvalue weighted by molar-refractivity contribution is 9.08. The van der Waals surface area contributed by atoms with Gasteiger partial charge in [0.05, 0.1) is 0 Å². The molecule has 0 radical (unpaired) electrons. The average molecular weight is 304 g/mol. The van der Waals surface area contributed by atoms with Crippen molar-refractivity contribution in [3.8, 4) is 0 Å². The number of hydrogen-bond acceptors (Lipinski definition) is 1. The molecule has 2 aromatic rings. The number of alkyl halides is 1. The first-order chi connectivity index (χ1) is 8.70. The van der Waals surface area contributed by atoms with Gasteiger partial charge in [-0.05, 0) is 35.7 Å². The smallest absolute Gasteiger partial charge is 0.0426 e. The lowest BCUT2D eigenvalue weighted by atomic mass is 10.1. The standard InChI is InChI=1S/C16H18BrN/c1-13-10-16(9-8-15(13)11-17)18(2)12-14-6-4-3-5-7-14/h3-10H,11-12H2,1-2H3. The van der Waals surface area contributed by atoms with Crippen LogP contribution in [-0.2, 0) is 11.9 Å². The van der Waals surface area contributed by atoms with Gasteiger partial charge in [0, 0.05) is 24.6 Å². The van der Waals surface area contributed by atoms with E-state index in [-0.39, 0.29) is 0 Å². The van der Waals surface area contributed by atoms with Crippen molar-refractivity contribution in [2.24, 2.45) is 0 Å². The van der Waals surface area contributed by atoms with Crippen LogP contribution in [-0.4, -0.2) is 7.05 Å². The Bertz CT molecular complexity index is 508. The lowest BCUT2D eigenvalue weighted by molar-refractivity contribution is 0.921. The van der Waals surface area contributed by atoms with Crippen molar-refractivity contribution in [3.63, 3.8) is 0 Å². The van der Waals surface area contributed by atoms with E-state index in [1.807, 2.05) is 0 Å². The molecule has 2 heteroatoms. The van der Waals surface area contributed by atoms with Gasteiger partial charge in [0.2, 0.25) is 0 Å². The highest BCUT2D eigenvalue weighted by Gasteiger charge is 2.04. The highest BCUT2D eigenvalue weighted by Crippen LogP contribution is 2.21. The summed E-state index contributed by atoms with van der Waals surface area (Å²) in [6.07, 6.45) is 0. The molecular weight excluding hydrogens is 286 g/mol. The van der Waals surface area contributed by atoms with E-state index in [0.29, 0.717) is 0 Å². The van der Waals surface area contributed by atoms with E-state index in [1.165, 1.54) is 22.4 Å². The Hall–Kier alpha value is -1.28. The molecule has 0 atom stereocenters. The van der Waals surface area contributed by atoms with Gasteiger partial charge >= 0.3 is 0 Å². The largest absolute Gasteiger partial charge is 0.370 e. The predicted molar refractivity (Wildman–Crippen MR) is 82.4 cm³/mol. The van der Waals surface area contributed by atoms with Gasteiger partial charge in [0.1, 0.15) is 0 Å². The van der Waals surface area contributed by atoms with E-state index in [2.05, 4.69) is 83.3 Å². The van der Waals surface area contributed by atoms with Gasteiger partial charge in [-0.15, -0.1) is 0 Å². The summed E-state index contributed by atoms with van der Waals surface area (Å²) in [6.45, 7) is 3.10. The lowest BCUT2D eigenvalue weighted by Crippen LogP contribution is -2.16. The second-order valence-corrected chi connectivity index (χ2v) is 5.15. The van der Waals surface area contributed by atoms with Crippen LogP contribution in [0.4, 0.5) is 5.69 Å². The Morgan fingerprint density at radius 3 is 2.39 bits per heavy atom. The molecule has 0 bridgehead atoms. The number of rotatable bonds is 4. The maximum absolute atomic E-state index is 3.51. The van der Waals surface area contributed by atoms with E-state index >= 15 is 0 Å². The molecule has 0 N–H and O–H groups in total. The minimum Gasteiger partial charge on any atom is -0.370 e. The van der Waals surface area contributed by atoms with Crippen molar-refractivity contribution in [2.75, 3.05) is 11.9 Å². The molecule has 94 valence electrons. The quantitative estimate of drug-likeness (QED) is 0.750. The van der Waals surface area contributed by atoms with Gasteiger partial charge in [0.15, 0.2) is 0 Å². The third-order valence-corrected chi connectivity index (χ3v) is 3.78. The van der Waals surface area contributed by atoms with E-state index in [0.717, 1.165) is 11.9 Å². The minimum atomic E-state index is 0.918. The highest BCUT2D eigenvalue weighted by atomic mass is 79.9. The first-order valence-electron chi connectivity index (χ1n) is 6.11. The molecule has 0 aliphatic heterocycles. The second-order valence-electron chi connectivity index (χ2n) is 4.59. The Balaban J connectivity index is 2.14. The van der Waals surface area contributed by atoms with Crippen LogP contribution < -0.4 is 4.90 Å². The van der Waals surface area contributed by atoms with Crippen molar-refractivity contribution < 1.29 is 0 Å². The summed E-state index contributed by atoms with van der Waals surface area (Å²) in [7, 11) is 2.13. The summed E-state index contributed by atoms with van der Waals surface area (Å²) in [5.74, 6) is 0. The number of hydrogen-bond donors (Lipinski definition) is 0. The lowest BCUT2D eigenvalue weighted by Gasteiger charge is -2.20. The summed E-state index contributed by atoms with van der Waals surface area (Å²) >= 11 is 3.51. The molecule has 2 rings (SSSR count). The molecule has 0 saturated heterocycles. The van der Waals surface area contributed by atoms with Crippen LogP contribution in [0.3, 0.4) is 0 Å². The number of anilines is 1. The average Bonchev–Trinajstić information content (AvgIpc) is 2.39. The maximum Gasteiger partial charge on any atom is 0.0426 e. The van der Waals surface area contributed by atoms with Gasteiger partial charge in [-0.2, -0.15) is 0 Å². The Morgan fingerprint density at radius 1 is 1.06 bits per heavy atom. The number of halogens is 1. The molecule has 0 unspecified atom stereocenters. The molecule has 0 fully saturated rings. The third kappa shape index (κ3) is 3.14. The third-order valence-electron chi connectivity index (χ3n) is 3.17. The van der Waals surface area contributed by atoms with Gasteiger partial charge in [-0.1, -0.05) is 52.3 Å². The van der Waals surface area contributed by atoms with E-state index in [1.54, 1.807) is 0 Å². The Morgan fingerprint density at radius 2 is 1.78 bits per heavy atom. The van der Waals surface area contributed by atoms with Crippen molar-refractivity contribution in [2.45, 2.75) is 18.8 Å². The van der Waals surface area contributed by atoms with Crippen LogP contribution in [0.25, 0.3) is 0 Å². The fourth-order valence-corrected chi connectivity index (χ4v) is 2.65. The summed E-state index contributed by atoms with van der Waals surface area (Å²) in [5.41, 5.74) is 5.29. The first kappa shape index (κ1) is 13.2. The fourth-order valence-electron chi connectivity index (χ4n) is 2.02. The normalized spacial score (nSPS) is 10.4. The van der Waals surface area contributed by atoms with E-state index in [9.17, 15) is 0 Å². The number of benzene rings is 2. The van der Waals surface area contributed by atoms with Crippen LogP contribution in [0.5, 0.6) is 0 Å². The van der Waals surface area contributed by atoms with Crippen molar-refractivity contribution >= 4 is 21.6 Å². The molecular formula is C16H18BrN. The van der Waals surface area contributed by atoms with Crippen molar-refractivity contribution in [1.29, 1.82) is 0 Å². The van der Waals surface area contributed by atoms with Crippen LogP contribution in [0.1, 0.15) is 16.7 Å². The summed E-state index contributed by atoms with van der Waals surface area (Å²) in [4.78, 5) is 2.28. The summed E-state index contributed by atoms with van der Waals surface area (Å²) in [6, 6.07) is 17.2. The topological polar surface area (TPSA) is 3.24 Å². The van der Waals surface area contributed by atoms with Gasteiger partial charge in [-0.3, -0.25) is 0 Å². The van der Waals surface area contributed by atoms with Gasteiger partial charge in [0.25, 0.3) is 0 Å². The SMILES string of the molecule is Cc1cc(N(C)Cc2ccccc2)ccc1CBr. The molecule has 2 aromatic carbocycles. The molecule has 18 heavy (non-hydrogen) atoms. The first-order valence-corrected chi connectivity index (χ1v) is 7.23. The minimum absolute atomic E-state index is 0.918. The summed E-state index contributed by atoms with van der Waals surface area (Å²) < 4.78 is 0. The zero-order valence-corrected chi connectivity index (χ0v) is 12.4. The maximum atomic E-state index is 3.51. The van der Waals surface area contributed by atoms with Gasteiger partial charge < -0.3 is 4.90 Å². The molecule has 1 nitrogen and oxygen atoms in total. The molecule has 0 aliphatic rings. The summed E-state index contributed by atoms with van der Waals surface area (Å²) in [5, 5.41) is 0.918. The molecule has 0 aromatic heterocycles. The second kappa shape index (κ2) is 6.05. The zero-order valence-electron chi connectivity index (χ0n) is 10.9. The molecule has 0 heterocycles. The van der Waals surface area contributed by atoms with E-state index < -0.39 is 0 Å². The predicted octanol–water partition coefficient (Wildman–Crippen LogP) is 4.53. The van der Waals surface area contributed by atoms with Crippen LogP contribution >= 0.6 is 15.9 Å². The van der Waals surface area contributed by atoms with Crippen molar-refractivity contribution in [1.82, 2.24) is 0 Å². The van der Waals surface area contributed by atoms with E-state index in [4.69, 9.17) is 0 Å². The number of nitrogens with zero attached hydrogens (tertiary/aromatic N) is 1. The Labute approximate surface area is 118 Å². The molecule has 0 amide bonds. The van der Waals surface area contributed by atoms with Crippen LogP contribution in [0.2, 0.25) is 0 Å². The van der Waals surface area contributed by atoms with Gasteiger partial charge in [-0.25, -0.2) is 0 Å². The molecule has 0 saturated carbocycles. The Kier molecular flexibility index (Phi) is 4.43. The molecule has 0 spiro atoms.